The number of rotatable bonds is 3. The van der Waals surface area contributed by atoms with Gasteiger partial charge in [-0.25, -0.2) is 4.39 Å². The number of hydrogen-bond acceptors (Lipinski definition) is 3. The van der Waals surface area contributed by atoms with Gasteiger partial charge in [-0.2, -0.15) is 0 Å². The Morgan fingerprint density at radius 2 is 2.05 bits per heavy atom. The highest BCUT2D eigenvalue weighted by Crippen LogP contribution is 2.27. The highest BCUT2D eigenvalue weighted by Gasteiger charge is 2.16. The largest absolute Gasteiger partial charge is 0.494 e. The predicted molar refractivity (Wildman–Crippen MR) is 76.5 cm³/mol. The molecule has 0 fully saturated rings. The van der Waals surface area contributed by atoms with E-state index < -0.39 is 11.7 Å². The molecule has 0 aliphatic heterocycles. The molecule has 2 aromatic carbocycles. The van der Waals surface area contributed by atoms with Gasteiger partial charge in [-0.15, -0.1) is 0 Å². The summed E-state index contributed by atoms with van der Waals surface area (Å²) in [4.78, 5) is 12.2. The van der Waals surface area contributed by atoms with E-state index in [0.717, 1.165) is 5.56 Å². The molecule has 0 heterocycles. The quantitative estimate of drug-likeness (QED) is 0.846. The Morgan fingerprint density at radius 3 is 2.75 bits per heavy atom. The van der Waals surface area contributed by atoms with Crippen LogP contribution in [-0.2, 0) is 0 Å². The summed E-state index contributed by atoms with van der Waals surface area (Å²) in [6, 6.07) is 9.33. The molecule has 2 aromatic rings. The molecule has 0 aromatic heterocycles. The van der Waals surface area contributed by atoms with Crippen LogP contribution in [0.5, 0.6) is 5.75 Å². The number of aryl methyl sites for hydroxylation is 1. The minimum atomic E-state index is -0.494. The number of amides is 1. The molecule has 3 N–H and O–H groups in total. The Kier molecular flexibility index (Phi) is 3.89. The molecular weight excluding hydrogens is 259 g/mol. The molecular formula is C15H15FN2O2. The molecule has 0 atom stereocenters. The van der Waals surface area contributed by atoms with Crippen LogP contribution in [0.1, 0.15) is 15.9 Å². The molecule has 20 heavy (non-hydrogen) atoms. The van der Waals surface area contributed by atoms with E-state index in [4.69, 9.17) is 10.5 Å². The lowest BCUT2D eigenvalue weighted by Gasteiger charge is -2.12. The van der Waals surface area contributed by atoms with Crippen molar-refractivity contribution in [2.75, 3.05) is 18.2 Å². The van der Waals surface area contributed by atoms with Gasteiger partial charge in [0, 0.05) is 0 Å². The van der Waals surface area contributed by atoms with Crippen LogP contribution in [0, 0.1) is 12.7 Å². The number of nitrogens with two attached hydrogens (primary N) is 1. The molecule has 0 saturated heterocycles. The van der Waals surface area contributed by atoms with Crippen molar-refractivity contribution in [3.63, 3.8) is 0 Å². The lowest BCUT2D eigenvalue weighted by molar-refractivity contribution is 0.102. The number of anilines is 2. The van der Waals surface area contributed by atoms with Gasteiger partial charge < -0.3 is 15.8 Å². The monoisotopic (exact) mass is 274 g/mol. The molecule has 104 valence electrons. The van der Waals surface area contributed by atoms with Crippen molar-refractivity contribution in [2.24, 2.45) is 0 Å². The molecule has 0 unspecified atom stereocenters. The first-order valence-electron chi connectivity index (χ1n) is 6.03. The first-order chi connectivity index (χ1) is 9.52. The van der Waals surface area contributed by atoms with Crippen LogP contribution in [0.3, 0.4) is 0 Å². The predicted octanol–water partition coefficient (Wildman–Crippen LogP) is 2.98. The van der Waals surface area contributed by atoms with Crippen LogP contribution < -0.4 is 15.8 Å². The fraction of sp³-hybridized carbons (Fsp3) is 0.133. The van der Waals surface area contributed by atoms with Crippen LogP contribution in [0.15, 0.2) is 36.4 Å². The average molecular weight is 274 g/mol. The fourth-order valence-corrected chi connectivity index (χ4v) is 1.89. The molecule has 4 nitrogen and oxygen atoms in total. The van der Waals surface area contributed by atoms with Crippen molar-refractivity contribution in [1.82, 2.24) is 0 Å². The van der Waals surface area contributed by atoms with Gasteiger partial charge in [0.05, 0.1) is 24.0 Å². The molecule has 0 bridgehead atoms. The first-order valence-corrected chi connectivity index (χ1v) is 6.03. The number of halogens is 1. The van der Waals surface area contributed by atoms with Gasteiger partial charge in [-0.1, -0.05) is 12.1 Å². The molecule has 0 spiro atoms. The fourth-order valence-electron chi connectivity index (χ4n) is 1.89. The summed E-state index contributed by atoms with van der Waals surface area (Å²) < 4.78 is 18.7. The van der Waals surface area contributed by atoms with Gasteiger partial charge >= 0.3 is 0 Å². The van der Waals surface area contributed by atoms with Gasteiger partial charge in [-0.05, 0) is 36.8 Å². The van der Waals surface area contributed by atoms with Crippen molar-refractivity contribution >= 4 is 17.3 Å². The van der Waals surface area contributed by atoms with E-state index in [1.807, 2.05) is 6.92 Å². The second-order valence-corrected chi connectivity index (χ2v) is 4.37. The number of nitrogens with one attached hydrogen (secondary N) is 1. The molecule has 2 rings (SSSR count). The minimum absolute atomic E-state index is 0.125. The maximum atomic E-state index is 13.6. The Bertz CT molecular complexity index is 656. The third-order valence-corrected chi connectivity index (χ3v) is 2.86. The standard InChI is InChI=1S/C15H15FN2O2/c1-9-6-7-11(16)13(8-9)18-15(19)10-4-3-5-12(17)14(10)20-2/h3-8H,17H2,1-2H3,(H,18,19). The number of methoxy groups -OCH3 is 1. The molecule has 5 heteroatoms. The second-order valence-electron chi connectivity index (χ2n) is 4.37. The van der Waals surface area contributed by atoms with Crippen LogP contribution in [0.2, 0.25) is 0 Å². The van der Waals surface area contributed by atoms with Crippen LogP contribution >= 0.6 is 0 Å². The molecule has 0 aliphatic carbocycles. The summed E-state index contributed by atoms with van der Waals surface area (Å²) in [6.07, 6.45) is 0. The van der Waals surface area contributed by atoms with Gasteiger partial charge in [-0.3, -0.25) is 4.79 Å². The zero-order chi connectivity index (χ0) is 14.7. The minimum Gasteiger partial charge on any atom is -0.494 e. The smallest absolute Gasteiger partial charge is 0.259 e. The van der Waals surface area contributed by atoms with Gasteiger partial charge in [0.25, 0.3) is 5.91 Å². The van der Waals surface area contributed by atoms with Gasteiger partial charge in [0.1, 0.15) is 5.82 Å². The first kappa shape index (κ1) is 13.9. The summed E-state index contributed by atoms with van der Waals surface area (Å²) >= 11 is 0. The van der Waals surface area contributed by atoms with Gasteiger partial charge in [0.15, 0.2) is 5.75 Å². The summed E-state index contributed by atoms with van der Waals surface area (Å²) in [7, 11) is 1.43. The zero-order valence-electron chi connectivity index (χ0n) is 11.2. The van der Waals surface area contributed by atoms with Gasteiger partial charge in [0.2, 0.25) is 0 Å². The Morgan fingerprint density at radius 1 is 1.30 bits per heavy atom. The van der Waals surface area contributed by atoms with Crippen molar-refractivity contribution in [1.29, 1.82) is 0 Å². The van der Waals surface area contributed by atoms with E-state index in [-0.39, 0.29) is 17.0 Å². The van der Waals surface area contributed by atoms with Crippen LogP contribution in [0.4, 0.5) is 15.8 Å². The summed E-state index contributed by atoms with van der Waals surface area (Å²) in [5.41, 5.74) is 7.32. The SMILES string of the molecule is COc1c(N)cccc1C(=O)Nc1cc(C)ccc1F. The highest BCUT2D eigenvalue weighted by molar-refractivity contribution is 6.07. The van der Waals surface area contributed by atoms with E-state index in [9.17, 15) is 9.18 Å². The van der Waals surface area contributed by atoms with E-state index in [0.29, 0.717) is 5.69 Å². The number of nitrogen functional groups attached to an aromatic ring is 1. The Hall–Kier alpha value is -2.56. The number of benzene rings is 2. The van der Waals surface area contributed by atoms with Crippen molar-refractivity contribution in [2.45, 2.75) is 6.92 Å². The Balaban J connectivity index is 2.33. The van der Waals surface area contributed by atoms with Crippen LogP contribution in [0.25, 0.3) is 0 Å². The van der Waals surface area contributed by atoms with E-state index in [2.05, 4.69) is 5.32 Å². The molecule has 0 aliphatic rings. The summed E-state index contributed by atoms with van der Waals surface area (Å²) in [6.45, 7) is 1.82. The second kappa shape index (κ2) is 5.61. The average Bonchev–Trinajstić information content (AvgIpc) is 2.42. The third kappa shape index (κ3) is 2.71. The topological polar surface area (TPSA) is 64.3 Å². The van der Waals surface area contributed by atoms with Crippen molar-refractivity contribution < 1.29 is 13.9 Å². The Labute approximate surface area is 116 Å². The zero-order valence-corrected chi connectivity index (χ0v) is 11.2. The molecule has 0 radical (unpaired) electrons. The number of ether oxygens (including phenoxy) is 1. The van der Waals surface area contributed by atoms with E-state index >= 15 is 0 Å². The number of para-hydroxylation sites is 1. The number of carbonyl (C=O) groups excluding carboxylic acids is 1. The lowest BCUT2D eigenvalue weighted by atomic mass is 10.1. The third-order valence-electron chi connectivity index (χ3n) is 2.86. The molecule has 1 amide bonds. The number of carbonyl (C=O) groups is 1. The maximum absolute atomic E-state index is 13.6. The maximum Gasteiger partial charge on any atom is 0.259 e. The van der Waals surface area contributed by atoms with E-state index in [1.54, 1.807) is 30.3 Å². The van der Waals surface area contributed by atoms with Crippen molar-refractivity contribution in [3.8, 4) is 5.75 Å². The summed E-state index contributed by atoms with van der Waals surface area (Å²) in [5.74, 6) is -0.691. The van der Waals surface area contributed by atoms with Crippen LogP contribution in [-0.4, -0.2) is 13.0 Å². The highest BCUT2D eigenvalue weighted by atomic mass is 19.1. The number of hydrogen-bond donors (Lipinski definition) is 2. The molecule has 0 saturated carbocycles. The lowest BCUT2D eigenvalue weighted by Crippen LogP contribution is -2.15. The normalized spacial score (nSPS) is 10.2. The summed E-state index contributed by atoms with van der Waals surface area (Å²) in [5, 5.41) is 2.52. The van der Waals surface area contributed by atoms with E-state index in [1.165, 1.54) is 13.2 Å². The van der Waals surface area contributed by atoms with Crippen molar-refractivity contribution in [3.05, 3.63) is 53.3 Å².